The van der Waals surface area contributed by atoms with Gasteiger partial charge < -0.3 is 10.2 Å². The van der Waals surface area contributed by atoms with Gasteiger partial charge in [0.1, 0.15) is 12.6 Å². The Bertz CT molecular complexity index is 1720. The summed E-state index contributed by atoms with van der Waals surface area (Å²) in [4.78, 5) is 30.2. The van der Waals surface area contributed by atoms with Crippen molar-refractivity contribution in [2.75, 3.05) is 10.8 Å². The third-order valence-corrected chi connectivity index (χ3v) is 9.58. The van der Waals surface area contributed by atoms with Crippen LogP contribution in [-0.4, -0.2) is 43.3 Å². The molecule has 0 spiro atoms. The van der Waals surface area contributed by atoms with Crippen LogP contribution in [0.3, 0.4) is 0 Å². The Labute approximate surface area is 275 Å². The fraction of sp³-hybridized carbons (Fsp3) is 0.278. The van der Waals surface area contributed by atoms with Gasteiger partial charge in [-0.05, 0) is 87.2 Å². The second-order valence-corrected chi connectivity index (χ2v) is 15.0. The van der Waals surface area contributed by atoms with E-state index in [9.17, 15) is 18.0 Å². The second-order valence-electron chi connectivity index (χ2n) is 12.2. The van der Waals surface area contributed by atoms with Crippen LogP contribution in [0.2, 0.25) is 0 Å². The van der Waals surface area contributed by atoms with E-state index in [4.69, 9.17) is 0 Å². The summed E-state index contributed by atoms with van der Waals surface area (Å²) in [5, 5.41) is 3.06. The Morgan fingerprint density at radius 1 is 0.822 bits per heavy atom. The van der Waals surface area contributed by atoms with Gasteiger partial charge in [-0.3, -0.25) is 13.9 Å². The van der Waals surface area contributed by atoms with Gasteiger partial charge in [0, 0.05) is 23.0 Å². The average molecular weight is 691 g/mol. The molecule has 0 unspecified atom stereocenters. The highest BCUT2D eigenvalue weighted by molar-refractivity contribution is 9.10. The summed E-state index contributed by atoms with van der Waals surface area (Å²) >= 11 is 3.47. The highest BCUT2D eigenvalue weighted by Gasteiger charge is 2.36. The number of amides is 2. The maximum absolute atomic E-state index is 14.6. The zero-order valence-corrected chi connectivity index (χ0v) is 28.7. The zero-order valence-electron chi connectivity index (χ0n) is 26.3. The van der Waals surface area contributed by atoms with Gasteiger partial charge in [-0.2, -0.15) is 0 Å². The normalized spacial score (nSPS) is 12.3. The maximum atomic E-state index is 14.6. The highest BCUT2D eigenvalue weighted by Crippen LogP contribution is 2.29. The molecule has 45 heavy (non-hydrogen) atoms. The first-order chi connectivity index (χ1) is 21.2. The predicted octanol–water partition coefficient (Wildman–Crippen LogP) is 6.82. The summed E-state index contributed by atoms with van der Waals surface area (Å²) in [7, 11) is -4.15. The number of sulfonamides is 1. The first-order valence-corrected chi connectivity index (χ1v) is 17.0. The molecule has 0 aliphatic carbocycles. The molecule has 236 valence electrons. The third kappa shape index (κ3) is 9.05. The van der Waals surface area contributed by atoms with Gasteiger partial charge in [0.15, 0.2) is 0 Å². The third-order valence-electron chi connectivity index (χ3n) is 7.28. The lowest BCUT2D eigenvalue weighted by molar-refractivity contribution is -0.140. The molecule has 4 aromatic rings. The van der Waals surface area contributed by atoms with Crippen LogP contribution < -0.4 is 9.62 Å². The Morgan fingerprint density at radius 2 is 1.42 bits per heavy atom. The van der Waals surface area contributed by atoms with E-state index in [0.717, 1.165) is 21.2 Å². The second kappa shape index (κ2) is 14.4. The van der Waals surface area contributed by atoms with Crippen molar-refractivity contribution in [3.63, 3.8) is 0 Å². The molecule has 7 nitrogen and oxygen atoms in total. The van der Waals surface area contributed by atoms with Crippen LogP contribution in [0.5, 0.6) is 0 Å². The molecule has 0 saturated heterocycles. The zero-order chi connectivity index (χ0) is 32.8. The van der Waals surface area contributed by atoms with Crippen LogP contribution in [0, 0.1) is 13.8 Å². The number of hydrogen-bond donors (Lipinski definition) is 1. The number of nitrogens with zero attached hydrogens (tertiary/aromatic N) is 2. The lowest BCUT2D eigenvalue weighted by Gasteiger charge is -2.35. The molecule has 0 aliphatic heterocycles. The van der Waals surface area contributed by atoms with Crippen molar-refractivity contribution in [1.29, 1.82) is 0 Å². The largest absolute Gasteiger partial charge is 0.350 e. The molecule has 0 aliphatic rings. The van der Waals surface area contributed by atoms with E-state index in [1.54, 1.807) is 24.3 Å². The maximum Gasteiger partial charge on any atom is 0.264 e. The van der Waals surface area contributed by atoms with Crippen molar-refractivity contribution in [3.05, 3.63) is 130 Å². The number of nitrogens with one attached hydrogen (secondary N) is 1. The van der Waals surface area contributed by atoms with Crippen molar-refractivity contribution < 1.29 is 18.0 Å². The van der Waals surface area contributed by atoms with Gasteiger partial charge in [-0.1, -0.05) is 88.7 Å². The molecule has 0 radical (unpaired) electrons. The van der Waals surface area contributed by atoms with Crippen LogP contribution in [-0.2, 0) is 32.6 Å². The van der Waals surface area contributed by atoms with Gasteiger partial charge in [0.2, 0.25) is 11.8 Å². The minimum atomic E-state index is -4.15. The van der Waals surface area contributed by atoms with Gasteiger partial charge in [-0.15, -0.1) is 0 Å². The van der Waals surface area contributed by atoms with Crippen LogP contribution in [0.25, 0.3) is 0 Å². The predicted molar refractivity (Wildman–Crippen MR) is 183 cm³/mol. The van der Waals surface area contributed by atoms with Crippen molar-refractivity contribution in [2.45, 2.75) is 64.1 Å². The molecular formula is C36H40BrN3O4S. The van der Waals surface area contributed by atoms with E-state index in [0.29, 0.717) is 11.3 Å². The minimum Gasteiger partial charge on any atom is -0.350 e. The van der Waals surface area contributed by atoms with E-state index in [1.165, 1.54) is 21.3 Å². The minimum absolute atomic E-state index is 0.0736. The monoisotopic (exact) mass is 689 g/mol. The number of hydrogen-bond acceptors (Lipinski definition) is 4. The summed E-state index contributed by atoms with van der Waals surface area (Å²) in [5.41, 5.74) is 3.10. The van der Waals surface area contributed by atoms with Crippen LogP contribution in [0.4, 0.5) is 5.69 Å². The molecule has 0 bridgehead atoms. The first-order valence-electron chi connectivity index (χ1n) is 14.8. The molecular weight excluding hydrogens is 650 g/mol. The van der Waals surface area contributed by atoms with E-state index in [2.05, 4.69) is 21.2 Å². The van der Waals surface area contributed by atoms with E-state index in [1.807, 2.05) is 101 Å². The topological polar surface area (TPSA) is 86.8 Å². The molecule has 1 N–H and O–H groups in total. The average Bonchev–Trinajstić information content (AvgIpc) is 3.00. The smallest absolute Gasteiger partial charge is 0.264 e. The van der Waals surface area contributed by atoms with Gasteiger partial charge >= 0.3 is 0 Å². The summed E-state index contributed by atoms with van der Waals surface area (Å²) < 4.78 is 30.5. The number of carbonyl (C=O) groups is 2. The fourth-order valence-corrected chi connectivity index (χ4v) is 6.77. The van der Waals surface area contributed by atoms with E-state index in [-0.39, 0.29) is 23.8 Å². The molecule has 0 aromatic heterocycles. The molecule has 4 rings (SSSR count). The number of carbonyl (C=O) groups excluding carboxylic acids is 2. The van der Waals surface area contributed by atoms with E-state index >= 15 is 0 Å². The lowest BCUT2D eigenvalue weighted by atomic mass is 10.0. The molecule has 0 saturated carbocycles. The number of aryl methyl sites for hydroxylation is 2. The number of anilines is 1. The Balaban J connectivity index is 1.84. The standard InChI is InChI=1S/C36H40BrN3O4S/c1-26-16-17-27(2)32(22-26)40(45(43,44)31-14-10-7-11-15-31)25-34(41)39(24-29-18-20-30(37)21-19-29)33(35(42)38-36(3,4)5)23-28-12-8-6-9-13-28/h6-22,33H,23-25H2,1-5H3,(H,38,42)/t33-/m1/s1. The van der Waals surface area contributed by atoms with Crippen LogP contribution in [0.1, 0.15) is 43.0 Å². The van der Waals surface area contributed by atoms with Crippen molar-refractivity contribution in [2.24, 2.45) is 0 Å². The van der Waals surface area contributed by atoms with Crippen LogP contribution in [0.15, 0.2) is 112 Å². The van der Waals surface area contributed by atoms with Crippen molar-refractivity contribution in [1.82, 2.24) is 10.2 Å². The number of benzene rings is 4. The Hall–Kier alpha value is -3.95. The lowest BCUT2D eigenvalue weighted by Crippen LogP contribution is -2.56. The molecule has 0 heterocycles. The van der Waals surface area contributed by atoms with E-state index < -0.39 is 34.1 Å². The highest BCUT2D eigenvalue weighted by atomic mass is 79.9. The summed E-state index contributed by atoms with van der Waals surface area (Å²) in [6.45, 7) is 8.98. The Kier molecular flexibility index (Phi) is 10.9. The van der Waals surface area contributed by atoms with Gasteiger partial charge in [0.05, 0.1) is 10.6 Å². The molecule has 1 atom stereocenters. The molecule has 0 fully saturated rings. The van der Waals surface area contributed by atoms with Gasteiger partial charge in [0.25, 0.3) is 10.0 Å². The molecule has 9 heteroatoms. The van der Waals surface area contributed by atoms with Crippen LogP contribution >= 0.6 is 15.9 Å². The fourth-order valence-electron chi connectivity index (χ4n) is 5.01. The molecule has 4 aromatic carbocycles. The molecule has 2 amide bonds. The van der Waals surface area contributed by atoms with Gasteiger partial charge in [-0.25, -0.2) is 8.42 Å². The summed E-state index contributed by atoms with van der Waals surface area (Å²) in [5.74, 6) is -0.815. The Morgan fingerprint density at radius 3 is 2.02 bits per heavy atom. The van der Waals surface area contributed by atoms with Crippen molar-refractivity contribution >= 4 is 43.5 Å². The SMILES string of the molecule is Cc1ccc(C)c(N(CC(=O)N(Cc2ccc(Br)cc2)[C@H](Cc2ccccc2)C(=O)NC(C)(C)C)S(=O)(=O)c2ccccc2)c1. The first kappa shape index (κ1) is 33.9. The summed E-state index contributed by atoms with van der Waals surface area (Å²) in [6, 6.07) is 29.7. The van der Waals surface area contributed by atoms with Crippen molar-refractivity contribution in [3.8, 4) is 0 Å². The number of halogens is 1. The summed E-state index contributed by atoms with van der Waals surface area (Å²) in [6.07, 6.45) is 0.250. The quantitative estimate of drug-likeness (QED) is 0.187. The number of rotatable bonds is 11.